The Morgan fingerprint density at radius 3 is 2.58 bits per heavy atom. The van der Waals surface area contributed by atoms with Crippen molar-refractivity contribution in [3.05, 3.63) is 64.2 Å². The molecule has 1 fully saturated rings. The lowest BCUT2D eigenvalue weighted by Gasteiger charge is -2.32. The zero-order valence-corrected chi connectivity index (χ0v) is 18.5. The summed E-state index contributed by atoms with van der Waals surface area (Å²) in [5.41, 5.74) is 3.26. The summed E-state index contributed by atoms with van der Waals surface area (Å²) in [6.45, 7) is 5.94. The second-order valence-corrected chi connectivity index (χ2v) is 8.52. The number of aromatic nitrogens is 4. The van der Waals surface area contributed by atoms with Crippen LogP contribution in [0.5, 0.6) is 0 Å². The highest BCUT2D eigenvalue weighted by Crippen LogP contribution is 2.25. The van der Waals surface area contributed by atoms with Gasteiger partial charge in [0.05, 0.1) is 22.5 Å². The number of carbonyl (C=O) groups is 1. The average molecular weight is 440 g/mol. The molecule has 31 heavy (non-hydrogen) atoms. The van der Waals surface area contributed by atoms with E-state index in [9.17, 15) is 9.90 Å². The van der Waals surface area contributed by atoms with E-state index in [0.717, 1.165) is 48.6 Å². The monoisotopic (exact) mass is 439 g/mol. The van der Waals surface area contributed by atoms with Crippen LogP contribution in [-0.4, -0.2) is 50.3 Å². The number of aryl methyl sites for hydroxylation is 1. The Labute approximate surface area is 186 Å². The van der Waals surface area contributed by atoms with Gasteiger partial charge in [0.1, 0.15) is 5.82 Å². The van der Waals surface area contributed by atoms with E-state index in [4.69, 9.17) is 11.6 Å². The van der Waals surface area contributed by atoms with Gasteiger partial charge in [-0.2, -0.15) is 5.10 Å². The van der Waals surface area contributed by atoms with Crippen molar-refractivity contribution in [1.82, 2.24) is 19.7 Å². The number of nitrogens with zero attached hydrogens (tertiary/aromatic N) is 5. The molecule has 1 N–H and O–H groups in total. The molecule has 0 atom stereocenters. The molecule has 0 spiro atoms. The number of carbonyl (C=O) groups excluding carboxylic acids is 1. The normalized spacial score (nSPS) is 14.8. The van der Waals surface area contributed by atoms with Crippen molar-refractivity contribution in [1.29, 1.82) is 0 Å². The Hall–Kier alpha value is -2.77. The first-order valence-corrected chi connectivity index (χ1v) is 10.8. The van der Waals surface area contributed by atoms with Gasteiger partial charge in [-0.05, 0) is 55.9 Å². The number of aliphatic hydroxyl groups excluding tert-OH is 1. The van der Waals surface area contributed by atoms with E-state index < -0.39 is 0 Å². The van der Waals surface area contributed by atoms with Crippen LogP contribution in [0.2, 0.25) is 5.02 Å². The summed E-state index contributed by atoms with van der Waals surface area (Å²) in [4.78, 5) is 24.1. The minimum atomic E-state index is -0.00424. The van der Waals surface area contributed by atoms with Crippen molar-refractivity contribution in [3.63, 3.8) is 0 Å². The maximum atomic E-state index is 12.9. The third-order valence-electron chi connectivity index (χ3n) is 5.88. The van der Waals surface area contributed by atoms with Gasteiger partial charge >= 0.3 is 0 Å². The molecular formula is C23H26ClN5O2. The highest BCUT2D eigenvalue weighted by atomic mass is 35.5. The first-order valence-electron chi connectivity index (χ1n) is 10.5. The highest BCUT2D eigenvalue weighted by Gasteiger charge is 2.21. The summed E-state index contributed by atoms with van der Waals surface area (Å²) in [6, 6.07) is 5.56. The van der Waals surface area contributed by atoms with Crippen LogP contribution in [0.4, 0.5) is 5.82 Å². The molecule has 7 nitrogen and oxygen atoms in total. The van der Waals surface area contributed by atoms with Crippen LogP contribution in [0.1, 0.15) is 40.0 Å². The van der Waals surface area contributed by atoms with E-state index in [-0.39, 0.29) is 18.8 Å². The molecule has 0 bridgehead atoms. The number of anilines is 1. The third-order valence-corrected chi connectivity index (χ3v) is 6.11. The molecule has 0 unspecified atom stereocenters. The fourth-order valence-electron chi connectivity index (χ4n) is 4.07. The van der Waals surface area contributed by atoms with Crippen LogP contribution < -0.4 is 4.90 Å². The number of halogens is 1. The molecule has 0 saturated carbocycles. The third kappa shape index (κ3) is 4.62. The topological polar surface area (TPSA) is 84.1 Å². The van der Waals surface area contributed by atoms with Crippen LogP contribution in [0, 0.1) is 19.8 Å². The minimum absolute atomic E-state index is 0.00424. The molecule has 3 aromatic heterocycles. The molecule has 0 aliphatic carbocycles. The maximum absolute atomic E-state index is 12.9. The van der Waals surface area contributed by atoms with Gasteiger partial charge in [0.15, 0.2) is 11.6 Å². The molecular weight excluding hydrogens is 414 g/mol. The molecule has 1 aliphatic rings. The number of ketones is 1. The minimum Gasteiger partial charge on any atom is -0.396 e. The quantitative estimate of drug-likeness (QED) is 0.591. The van der Waals surface area contributed by atoms with Crippen LogP contribution >= 0.6 is 11.6 Å². The van der Waals surface area contributed by atoms with Gasteiger partial charge in [-0.3, -0.25) is 4.79 Å². The first-order chi connectivity index (χ1) is 15.0. The van der Waals surface area contributed by atoms with Crippen LogP contribution in [0.3, 0.4) is 0 Å². The van der Waals surface area contributed by atoms with Gasteiger partial charge < -0.3 is 10.0 Å². The Kier molecular flexibility index (Phi) is 6.34. The lowest BCUT2D eigenvalue weighted by atomic mass is 9.97. The molecule has 162 valence electrons. The van der Waals surface area contributed by atoms with Gasteiger partial charge in [-0.25, -0.2) is 14.6 Å². The van der Waals surface area contributed by atoms with Crippen molar-refractivity contribution < 1.29 is 9.90 Å². The van der Waals surface area contributed by atoms with E-state index in [1.54, 1.807) is 35.4 Å². The summed E-state index contributed by atoms with van der Waals surface area (Å²) in [5.74, 6) is 1.97. The Balaban J connectivity index is 1.47. The van der Waals surface area contributed by atoms with Crippen molar-refractivity contribution in [3.8, 4) is 5.82 Å². The van der Waals surface area contributed by atoms with Crippen LogP contribution in [-0.2, 0) is 6.42 Å². The number of pyridine rings is 2. The van der Waals surface area contributed by atoms with Crippen LogP contribution in [0.25, 0.3) is 5.82 Å². The smallest absolute Gasteiger partial charge is 0.170 e. The Bertz CT molecular complexity index is 1070. The fourth-order valence-corrected chi connectivity index (χ4v) is 4.18. The summed E-state index contributed by atoms with van der Waals surface area (Å²) in [7, 11) is 0. The van der Waals surface area contributed by atoms with E-state index in [1.165, 1.54) is 0 Å². The summed E-state index contributed by atoms with van der Waals surface area (Å²) in [5, 5.41) is 14.2. The van der Waals surface area contributed by atoms with Crippen molar-refractivity contribution in [2.45, 2.75) is 33.1 Å². The molecule has 0 amide bonds. The van der Waals surface area contributed by atoms with Gasteiger partial charge in [0.25, 0.3) is 0 Å². The molecule has 4 heterocycles. The predicted octanol–water partition coefficient (Wildman–Crippen LogP) is 3.57. The largest absolute Gasteiger partial charge is 0.396 e. The SMILES string of the molecule is Cc1cc(CC(=O)c2cnn(-c3ccc(Cl)cn3)c2C)cnc1N1CCC(CO)CC1. The summed E-state index contributed by atoms with van der Waals surface area (Å²) in [6.07, 6.45) is 7.16. The van der Waals surface area contributed by atoms with E-state index >= 15 is 0 Å². The summed E-state index contributed by atoms with van der Waals surface area (Å²) >= 11 is 5.91. The fraction of sp³-hybridized carbons (Fsp3) is 0.391. The van der Waals surface area contributed by atoms with Gasteiger partial charge in [0.2, 0.25) is 0 Å². The second-order valence-electron chi connectivity index (χ2n) is 8.09. The molecule has 0 radical (unpaired) electrons. The van der Waals surface area contributed by atoms with Crippen LogP contribution in [0.15, 0.2) is 36.8 Å². The molecule has 1 aliphatic heterocycles. The zero-order chi connectivity index (χ0) is 22.0. The zero-order valence-electron chi connectivity index (χ0n) is 17.8. The molecule has 3 aromatic rings. The number of piperidine rings is 1. The second kappa shape index (κ2) is 9.16. The van der Waals surface area contributed by atoms with Crippen molar-refractivity contribution >= 4 is 23.2 Å². The standard InChI is InChI=1S/C23H26ClN5O2/c1-15-9-18(11-26-23(15)28-7-5-17(14-30)6-8-28)10-21(31)20-13-27-29(16(20)2)22-4-3-19(24)12-25-22/h3-4,9,11-13,17,30H,5-8,10,14H2,1-2H3. The predicted molar refractivity (Wildman–Crippen MR) is 120 cm³/mol. The molecule has 4 rings (SSSR count). The van der Waals surface area contributed by atoms with Crippen molar-refractivity contribution in [2.24, 2.45) is 5.92 Å². The van der Waals surface area contributed by atoms with Gasteiger partial charge in [-0.15, -0.1) is 0 Å². The van der Waals surface area contributed by atoms with Crippen molar-refractivity contribution in [2.75, 3.05) is 24.6 Å². The highest BCUT2D eigenvalue weighted by molar-refractivity contribution is 6.30. The number of hydrogen-bond acceptors (Lipinski definition) is 6. The Morgan fingerprint density at radius 2 is 1.94 bits per heavy atom. The van der Waals surface area contributed by atoms with E-state index in [1.807, 2.05) is 19.9 Å². The van der Waals surface area contributed by atoms with E-state index in [2.05, 4.69) is 20.0 Å². The molecule has 1 saturated heterocycles. The number of rotatable bonds is 6. The Morgan fingerprint density at radius 1 is 1.16 bits per heavy atom. The maximum Gasteiger partial charge on any atom is 0.170 e. The first kappa shape index (κ1) is 21.5. The lowest BCUT2D eigenvalue weighted by molar-refractivity contribution is 0.0992. The van der Waals surface area contributed by atoms with E-state index in [0.29, 0.717) is 22.3 Å². The number of aliphatic hydroxyl groups is 1. The number of Topliss-reactive ketones (excluding diaryl/α,β-unsaturated/α-hetero) is 1. The lowest BCUT2D eigenvalue weighted by Crippen LogP contribution is -2.35. The molecule has 8 heteroatoms. The van der Waals surface area contributed by atoms with Gasteiger partial charge in [-0.1, -0.05) is 17.7 Å². The summed E-state index contributed by atoms with van der Waals surface area (Å²) < 4.78 is 1.65. The number of hydrogen-bond donors (Lipinski definition) is 1. The average Bonchev–Trinajstić information content (AvgIpc) is 3.16. The molecule has 0 aromatic carbocycles. The van der Waals surface area contributed by atoms with Gasteiger partial charge in [0, 0.05) is 38.5 Å².